The number of carbonyl (C=O) groups excluding carboxylic acids is 2. The predicted molar refractivity (Wildman–Crippen MR) is 54.9 cm³/mol. The molecule has 1 aliphatic rings. The minimum absolute atomic E-state index is 0.00690. The number of carbonyl (C=O) groups is 2. The first-order valence-electron chi connectivity index (χ1n) is 4.95. The second kappa shape index (κ2) is 4.12. The fourth-order valence-corrected chi connectivity index (χ4v) is 1.76. The first-order chi connectivity index (χ1) is 8.06. The maximum absolute atomic E-state index is 13.4. The van der Waals surface area contributed by atoms with Crippen molar-refractivity contribution in [1.29, 1.82) is 0 Å². The van der Waals surface area contributed by atoms with E-state index in [1.54, 1.807) is 6.92 Å². The summed E-state index contributed by atoms with van der Waals surface area (Å²) >= 11 is 0. The van der Waals surface area contributed by atoms with E-state index in [9.17, 15) is 18.4 Å². The molecular weight excluding hydrogens is 232 g/mol. The van der Waals surface area contributed by atoms with Gasteiger partial charge in [-0.15, -0.1) is 0 Å². The van der Waals surface area contributed by atoms with E-state index >= 15 is 0 Å². The number of benzene rings is 1. The minimum atomic E-state index is -1.15. The van der Waals surface area contributed by atoms with E-state index in [1.807, 2.05) is 0 Å². The molecule has 0 saturated carbocycles. The highest BCUT2D eigenvalue weighted by Gasteiger charge is 2.32. The Morgan fingerprint density at radius 3 is 2.88 bits per heavy atom. The molecule has 1 unspecified atom stereocenters. The summed E-state index contributed by atoms with van der Waals surface area (Å²) in [4.78, 5) is 23.0. The molecule has 0 spiro atoms. The van der Waals surface area contributed by atoms with Crippen LogP contribution in [0.1, 0.15) is 6.92 Å². The SMILES string of the molecule is CC1COc2c(ccc(F)c2F)N1C(=O)C=O. The van der Waals surface area contributed by atoms with Crippen molar-refractivity contribution in [2.75, 3.05) is 11.5 Å². The zero-order valence-corrected chi connectivity index (χ0v) is 8.94. The van der Waals surface area contributed by atoms with Crippen molar-refractivity contribution < 1.29 is 23.1 Å². The summed E-state index contributed by atoms with van der Waals surface area (Å²) in [5.74, 6) is -3.36. The third-order valence-electron chi connectivity index (χ3n) is 2.54. The van der Waals surface area contributed by atoms with Crippen molar-refractivity contribution in [1.82, 2.24) is 0 Å². The molecule has 17 heavy (non-hydrogen) atoms. The molecule has 0 N–H and O–H groups in total. The average Bonchev–Trinajstić information content (AvgIpc) is 2.33. The smallest absolute Gasteiger partial charge is 0.291 e. The Kier molecular flexibility index (Phi) is 2.79. The fourth-order valence-electron chi connectivity index (χ4n) is 1.76. The van der Waals surface area contributed by atoms with Crippen LogP contribution in [0.4, 0.5) is 14.5 Å². The molecule has 1 amide bonds. The molecule has 1 atom stereocenters. The third kappa shape index (κ3) is 1.75. The zero-order chi connectivity index (χ0) is 12.6. The Bertz CT molecular complexity index is 490. The third-order valence-corrected chi connectivity index (χ3v) is 2.54. The molecule has 1 aromatic rings. The molecule has 0 aromatic heterocycles. The molecule has 4 nitrogen and oxygen atoms in total. The monoisotopic (exact) mass is 241 g/mol. The Labute approximate surface area is 95.8 Å². The van der Waals surface area contributed by atoms with Gasteiger partial charge < -0.3 is 4.74 Å². The van der Waals surface area contributed by atoms with Gasteiger partial charge in [0, 0.05) is 0 Å². The van der Waals surface area contributed by atoms with Crippen LogP contribution in [0.15, 0.2) is 12.1 Å². The second-order valence-electron chi connectivity index (χ2n) is 3.70. The van der Waals surface area contributed by atoms with Crippen LogP contribution in [0, 0.1) is 11.6 Å². The van der Waals surface area contributed by atoms with Gasteiger partial charge in [0.15, 0.2) is 11.6 Å². The molecule has 1 heterocycles. The lowest BCUT2D eigenvalue weighted by atomic mass is 10.1. The highest BCUT2D eigenvalue weighted by molar-refractivity contribution is 6.31. The summed E-state index contributed by atoms with van der Waals surface area (Å²) in [5.41, 5.74) is 0.0692. The van der Waals surface area contributed by atoms with E-state index < -0.39 is 23.6 Å². The van der Waals surface area contributed by atoms with Crippen LogP contribution in [0.25, 0.3) is 0 Å². The first-order valence-corrected chi connectivity index (χ1v) is 4.95. The van der Waals surface area contributed by atoms with Gasteiger partial charge in [-0.3, -0.25) is 14.5 Å². The Balaban J connectivity index is 2.56. The number of rotatable bonds is 1. The molecule has 2 rings (SSSR count). The summed E-state index contributed by atoms with van der Waals surface area (Å²) in [6.07, 6.45) is 0.132. The number of fused-ring (bicyclic) bond motifs is 1. The highest BCUT2D eigenvalue weighted by atomic mass is 19.2. The van der Waals surface area contributed by atoms with Crippen LogP contribution in [0.2, 0.25) is 0 Å². The largest absolute Gasteiger partial charge is 0.486 e. The van der Waals surface area contributed by atoms with Crippen LogP contribution in [0.5, 0.6) is 5.75 Å². The second-order valence-corrected chi connectivity index (χ2v) is 3.70. The van der Waals surface area contributed by atoms with Gasteiger partial charge in [0.25, 0.3) is 5.91 Å². The van der Waals surface area contributed by atoms with E-state index in [1.165, 1.54) is 6.07 Å². The van der Waals surface area contributed by atoms with Crippen LogP contribution in [0.3, 0.4) is 0 Å². The van der Waals surface area contributed by atoms with Gasteiger partial charge in [-0.25, -0.2) is 4.39 Å². The maximum Gasteiger partial charge on any atom is 0.291 e. The van der Waals surface area contributed by atoms with E-state index in [-0.39, 0.29) is 24.3 Å². The summed E-state index contributed by atoms with van der Waals surface area (Å²) in [6, 6.07) is 1.69. The molecule has 0 radical (unpaired) electrons. The molecule has 0 bridgehead atoms. The average molecular weight is 241 g/mol. The molecule has 6 heteroatoms. The molecule has 90 valence electrons. The van der Waals surface area contributed by atoms with Crippen molar-refractivity contribution in [2.24, 2.45) is 0 Å². The molecule has 0 saturated heterocycles. The zero-order valence-electron chi connectivity index (χ0n) is 8.94. The first kappa shape index (κ1) is 11.5. The molecule has 0 aliphatic carbocycles. The van der Waals surface area contributed by atoms with Crippen molar-refractivity contribution in [3.63, 3.8) is 0 Å². The van der Waals surface area contributed by atoms with Gasteiger partial charge in [0.1, 0.15) is 6.61 Å². The predicted octanol–water partition coefficient (Wildman–Crippen LogP) is 1.28. The van der Waals surface area contributed by atoms with Gasteiger partial charge in [-0.1, -0.05) is 0 Å². The number of hydrogen-bond donors (Lipinski definition) is 0. The molecule has 1 aliphatic heterocycles. The lowest BCUT2D eigenvalue weighted by Crippen LogP contribution is -2.45. The Hall–Kier alpha value is -1.98. The van der Waals surface area contributed by atoms with Gasteiger partial charge in [-0.2, -0.15) is 4.39 Å². The molecule has 1 aromatic carbocycles. The van der Waals surface area contributed by atoms with E-state index in [0.29, 0.717) is 0 Å². The number of ether oxygens (including phenoxy) is 1. The van der Waals surface area contributed by atoms with E-state index in [0.717, 1.165) is 11.0 Å². The number of halogens is 2. The Morgan fingerprint density at radius 2 is 2.24 bits per heavy atom. The fraction of sp³-hybridized carbons (Fsp3) is 0.273. The quantitative estimate of drug-likeness (QED) is 0.549. The van der Waals surface area contributed by atoms with Crippen molar-refractivity contribution >= 4 is 17.9 Å². The van der Waals surface area contributed by atoms with Crippen molar-refractivity contribution in [3.8, 4) is 5.75 Å². The van der Waals surface area contributed by atoms with E-state index in [4.69, 9.17) is 4.74 Å². The van der Waals surface area contributed by atoms with Gasteiger partial charge in [0.2, 0.25) is 12.1 Å². The standard InChI is InChI=1S/C11H9F2NO3/c1-6-5-17-11-8(14(6)9(16)4-15)3-2-7(12)10(11)13/h2-4,6H,5H2,1H3. The van der Waals surface area contributed by atoms with Crippen LogP contribution in [-0.2, 0) is 9.59 Å². The van der Waals surface area contributed by atoms with Crippen LogP contribution < -0.4 is 9.64 Å². The van der Waals surface area contributed by atoms with Gasteiger partial charge in [0.05, 0.1) is 11.7 Å². The van der Waals surface area contributed by atoms with Crippen LogP contribution >= 0.6 is 0 Å². The minimum Gasteiger partial charge on any atom is -0.486 e. The number of amides is 1. The van der Waals surface area contributed by atoms with Crippen molar-refractivity contribution in [2.45, 2.75) is 13.0 Å². The lowest BCUT2D eigenvalue weighted by Gasteiger charge is -2.33. The van der Waals surface area contributed by atoms with Crippen molar-refractivity contribution in [3.05, 3.63) is 23.8 Å². The summed E-state index contributed by atoms with van der Waals surface area (Å²) < 4.78 is 31.5. The summed E-state index contributed by atoms with van der Waals surface area (Å²) in [5, 5.41) is 0. The molecule has 0 fully saturated rings. The van der Waals surface area contributed by atoms with E-state index in [2.05, 4.69) is 0 Å². The number of aldehydes is 1. The number of hydrogen-bond acceptors (Lipinski definition) is 3. The molecular formula is C11H9F2NO3. The number of anilines is 1. The number of nitrogens with zero attached hydrogens (tertiary/aromatic N) is 1. The topological polar surface area (TPSA) is 46.6 Å². The maximum atomic E-state index is 13.4. The Morgan fingerprint density at radius 1 is 1.53 bits per heavy atom. The lowest BCUT2D eigenvalue weighted by molar-refractivity contribution is -0.130. The van der Waals surface area contributed by atoms with Crippen LogP contribution in [-0.4, -0.2) is 24.8 Å². The summed E-state index contributed by atoms with van der Waals surface area (Å²) in [6.45, 7) is 1.65. The highest BCUT2D eigenvalue weighted by Crippen LogP contribution is 2.37. The summed E-state index contributed by atoms with van der Waals surface area (Å²) in [7, 11) is 0. The van der Waals surface area contributed by atoms with Gasteiger partial charge in [-0.05, 0) is 19.1 Å². The normalized spacial score (nSPS) is 18.3. The van der Waals surface area contributed by atoms with Gasteiger partial charge >= 0.3 is 0 Å².